The number of amides is 1. The number of carbonyl (C=O) groups excluding carboxylic acids is 1. The van der Waals surface area contributed by atoms with E-state index in [0.717, 1.165) is 10.1 Å². The van der Waals surface area contributed by atoms with E-state index < -0.39 is 11.2 Å². The second-order valence-corrected chi connectivity index (χ2v) is 7.56. The van der Waals surface area contributed by atoms with E-state index >= 15 is 0 Å². The van der Waals surface area contributed by atoms with Crippen molar-refractivity contribution in [3.8, 4) is 5.69 Å². The van der Waals surface area contributed by atoms with Crippen molar-refractivity contribution in [3.63, 3.8) is 0 Å². The molecule has 0 unspecified atom stereocenters. The molecule has 0 aliphatic rings. The Labute approximate surface area is 202 Å². The molecule has 8 nitrogen and oxygen atoms in total. The van der Waals surface area contributed by atoms with Crippen LogP contribution < -0.4 is 16.6 Å². The van der Waals surface area contributed by atoms with Crippen molar-refractivity contribution in [1.82, 2.24) is 19.2 Å². The molecule has 11 heteroatoms. The van der Waals surface area contributed by atoms with Gasteiger partial charge in [0.1, 0.15) is 5.69 Å². The molecule has 172 valence electrons. The van der Waals surface area contributed by atoms with Gasteiger partial charge >= 0.3 is 5.69 Å². The summed E-state index contributed by atoms with van der Waals surface area (Å²) < 4.78 is 2.33. The van der Waals surface area contributed by atoms with Gasteiger partial charge in [0.2, 0.25) is 5.91 Å². The zero-order valence-electron chi connectivity index (χ0n) is 17.7. The fraction of sp³-hybridized carbons (Fsp3) is 0.238. The smallest absolute Gasteiger partial charge is 0.326 e. The van der Waals surface area contributed by atoms with Crippen molar-refractivity contribution in [2.45, 2.75) is 20.0 Å². The minimum atomic E-state index is -0.572. The first-order chi connectivity index (χ1) is 14.2. The van der Waals surface area contributed by atoms with Gasteiger partial charge in [0, 0.05) is 24.2 Å². The summed E-state index contributed by atoms with van der Waals surface area (Å²) in [6.07, 6.45) is 0. The lowest BCUT2D eigenvalue weighted by atomic mass is 10.2. The Balaban J connectivity index is 0.00000256. The van der Waals surface area contributed by atoms with Gasteiger partial charge in [0.05, 0.1) is 12.2 Å². The lowest BCUT2D eigenvalue weighted by Gasteiger charge is -2.15. The molecule has 3 aromatic rings. The van der Waals surface area contributed by atoms with Gasteiger partial charge in [-0.1, -0.05) is 29.8 Å². The van der Waals surface area contributed by atoms with Gasteiger partial charge in [-0.2, -0.15) is 9.78 Å². The van der Waals surface area contributed by atoms with Crippen LogP contribution in [-0.2, 0) is 17.9 Å². The van der Waals surface area contributed by atoms with E-state index in [9.17, 15) is 14.4 Å². The molecule has 32 heavy (non-hydrogen) atoms. The topological polar surface area (TPSA) is 89.2 Å². The normalized spacial score (nSPS) is 10.3. The maximum atomic E-state index is 13.2. The molecule has 2 aromatic carbocycles. The Kier molecular flexibility index (Phi) is 10.1. The summed E-state index contributed by atoms with van der Waals surface area (Å²) in [6, 6.07) is 13.7. The predicted octanol–water partition coefficient (Wildman–Crippen LogP) is 2.96. The Hall–Kier alpha value is -2.65. The van der Waals surface area contributed by atoms with E-state index in [1.54, 1.807) is 53.4 Å². The molecule has 0 radical (unpaired) electrons. The van der Waals surface area contributed by atoms with E-state index in [1.807, 2.05) is 14.1 Å². The highest BCUT2D eigenvalue weighted by Gasteiger charge is 2.16. The number of halogens is 3. The quantitative estimate of drug-likeness (QED) is 0.562. The summed E-state index contributed by atoms with van der Waals surface area (Å²) >= 11 is 5.94. The first-order valence-corrected chi connectivity index (χ1v) is 9.62. The highest BCUT2D eigenvalue weighted by molar-refractivity contribution is 6.30. The molecule has 0 atom stereocenters. The van der Waals surface area contributed by atoms with Crippen molar-refractivity contribution in [1.29, 1.82) is 0 Å². The Morgan fingerprint density at radius 3 is 2.34 bits per heavy atom. The monoisotopic (exact) mass is 499 g/mol. The summed E-state index contributed by atoms with van der Waals surface area (Å²) in [5, 5.41) is 7.57. The van der Waals surface area contributed by atoms with Crippen LogP contribution in [0.25, 0.3) is 5.69 Å². The van der Waals surface area contributed by atoms with Crippen LogP contribution in [-0.4, -0.2) is 39.3 Å². The summed E-state index contributed by atoms with van der Waals surface area (Å²) in [6.45, 7) is 1.76. The number of nitrogens with zero attached hydrogens (tertiary/aromatic N) is 4. The molecule has 0 spiro atoms. The van der Waals surface area contributed by atoms with Gasteiger partial charge in [-0.25, -0.2) is 4.79 Å². The van der Waals surface area contributed by atoms with Crippen molar-refractivity contribution in [2.75, 3.05) is 19.4 Å². The average molecular weight is 501 g/mol. The van der Waals surface area contributed by atoms with Gasteiger partial charge in [-0.3, -0.25) is 14.2 Å². The molecule has 0 fully saturated rings. The minimum Gasteiger partial charge on any atom is -0.326 e. The largest absolute Gasteiger partial charge is 0.352 e. The van der Waals surface area contributed by atoms with Crippen LogP contribution in [0.3, 0.4) is 0 Å². The van der Waals surface area contributed by atoms with Crippen LogP contribution in [0.4, 0.5) is 5.69 Å². The van der Waals surface area contributed by atoms with Gasteiger partial charge in [0.25, 0.3) is 5.56 Å². The second-order valence-electron chi connectivity index (χ2n) is 7.13. The number of nitrogens with one attached hydrogen (secondary N) is 1. The van der Waals surface area contributed by atoms with E-state index in [-0.39, 0.29) is 49.5 Å². The molecule has 0 bridgehead atoms. The number of aromatic nitrogens is 3. The fourth-order valence-electron chi connectivity index (χ4n) is 2.96. The molecule has 3 rings (SSSR count). The van der Waals surface area contributed by atoms with Crippen LogP contribution in [0, 0.1) is 0 Å². The van der Waals surface area contributed by atoms with Crippen molar-refractivity contribution < 1.29 is 4.79 Å². The van der Waals surface area contributed by atoms with Gasteiger partial charge in [-0.15, -0.1) is 24.8 Å². The third-order valence-corrected chi connectivity index (χ3v) is 4.51. The standard InChI is InChI=1S/C21H22ClN5O3.2ClH/c1-14(28)23-17-5-4-6-18(11-17)27-21(30)26(12-15-7-9-16(22)10-8-15)20(29)19(24-27)13-25(2)3;;/h4-11H,12-13H2,1-3H3,(H,23,28);2*1H. The average Bonchev–Trinajstić information content (AvgIpc) is 2.68. The van der Waals surface area contributed by atoms with E-state index in [0.29, 0.717) is 16.4 Å². The zero-order valence-corrected chi connectivity index (χ0v) is 20.1. The minimum absolute atomic E-state index is 0. The molecule has 0 aliphatic heterocycles. The maximum Gasteiger partial charge on any atom is 0.352 e. The van der Waals surface area contributed by atoms with Gasteiger partial charge in [-0.05, 0) is 50.0 Å². The molecular formula is C21H24Cl3N5O3. The maximum absolute atomic E-state index is 13.2. The van der Waals surface area contributed by atoms with Crippen LogP contribution >= 0.6 is 36.4 Å². The molecule has 1 aromatic heterocycles. The molecule has 1 amide bonds. The Morgan fingerprint density at radius 2 is 1.75 bits per heavy atom. The summed E-state index contributed by atoms with van der Waals surface area (Å²) in [5.41, 5.74) is 0.947. The van der Waals surface area contributed by atoms with Crippen molar-refractivity contribution >= 4 is 48.0 Å². The molecule has 0 saturated heterocycles. The van der Waals surface area contributed by atoms with Gasteiger partial charge < -0.3 is 10.2 Å². The number of carbonyl (C=O) groups is 1. The van der Waals surface area contributed by atoms with Crippen molar-refractivity contribution in [3.05, 3.63) is 85.6 Å². The SMILES string of the molecule is CC(=O)Nc1cccc(-n2nc(CN(C)C)c(=O)n(Cc3ccc(Cl)cc3)c2=O)c1.Cl.Cl. The van der Waals surface area contributed by atoms with Crippen LogP contribution in [0.1, 0.15) is 18.2 Å². The summed E-state index contributed by atoms with van der Waals surface area (Å²) in [7, 11) is 3.63. The highest BCUT2D eigenvalue weighted by atomic mass is 35.5. The predicted molar refractivity (Wildman–Crippen MR) is 131 cm³/mol. The number of hydrogen-bond donors (Lipinski definition) is 1. The Bertz CT molecular complexity index is 1190. The van der Waals surface area contributed by atoms with Crippen LogP contribution in [0.5, 0.6) is 0 Å². The summed E-state index contributed by atoms with van der Waals surface area (Å²) in [5.74, 6) is -0.228. The van der Waals surface area contributed by atoms with E-state index in [1.165, 1.54) is 11.6 Å². The van der Waals surface area contributed by atoms with Gasteiger partial charge in [0.15, 0.2) is 0 Å². The Morgan fingerprint density at radius 1 is 1.09 bits per heavy atom. The molecular weight excluding hydrogens is 477 g/mol. The van der Waals surface area contributed by atoms with Crippen LogP contribution in [0.15, 0.2) is 58.1 Å². The third-order valence-electron chi connectivity index (χ3n) is 4.26. The number of benzene rings is 2. The number of hydrogen-bond acceptors (Lipinski definition) is 5. The fourth-order valence-corrected chi connectivity index (χ4v) is 3.09. The third kappa shape index (κ3) is 6.67. The number of rotatable bonds is 6. The zero-order chi connectivity index (χ0) is 21.8. The first-order valence-electron chi connectivity index (χ1n) is 9.25. The summed E-state index contributed by atoms with van der Waals surface area (Å²) in [4.78, 5) is 39.3. The molecule has 0 aliphatic carbocycles. The van der Waals surface area contributed by atoms with E-state index in [4.69, 9.17) is 11.6 Å². The van der Waals surface area contributed by atoms with E-state index in [2.05, 4.69) is 10.4 Å². The lowest BCUT2D eigenvalue weighted by molar-refractivity contribution is -0.114. The number of anilines is 1. The highest BCUT2D eigenvalue weighted by Crippen LogP contribution is 2.13. The molecule has 0 saturated carbocycles. The molecule has 1 heterocycles. The van der Waals surface area contributed by atoms with Crippen LogP contribution in [0.2, 0.25) is 5.02 Å². The van der Waals surface area contributed by atoms with Crippen molar-refractivity contribution in [2.24, 2.45) is 0 Å². The lowest BCUT2D eigenvalue weighted by Crippen LogP contribution is -2.44. The first kappa shape index (κ1) is 27.4. The second kappa shape index (κ2) is 11.8. The molecule has 1 N–H and O–H groups in total.